The van der Waals surface area contributed by atoms with E-state index in [0.29, 0.717) is 0 Å². The largest absolute Gasteiger partial charge is 0.357 e. The van der Waals surface area contributed by atoms with E-state index in [1.807, 2.05) is 13.1 Å². The molecular weight excluding hydrogens is 206 g/mol. The van der Waals surface area contributed by atoms with Gasteiger partial charge < -0.3 is 5.32 Å². The summed E-state index contributed by atoms with van der Waals surface area (Å²) in [6.07, 6.45) is 1.99. The van der Waals surface area contributed by atoms with Crippen molar-refractivity contribution in [2.45, 2.75) is 12.8 Å². The maximum Gasteiger partial charge on any atom is 0.234 e. The smallest absolute Gasteiger partial charge is 0.234 e. The molecule has 1 aromatic heterocycles. The molecule has 78 valence electrons. The van der Waals surface area contributed by atoms with Crippen LogP contribution in [-0.4, -0.2) is 16.4 Å². The van der Waals surface area contributed by atoms with Gasteiger partial charge in [0.1, 0.15) is 5.01 Å². The number of hydrogen-bond donors (Lipinski definition) is 1. The molecule has 0 aliphatic heterocycles. The van der Waals surface area contributed by atoms with Crippen LogP contribution in [0, 0.1) is 0 Å². The fraction of sp³-hybridized carbons (Fsp3) is 0.273. The maximum absolute atomic E-state index is 4.34. The highest BCUT2D eigenvalue weighted by Gasteiger charge is 2.02. The molecule has 0 aliphatic rings. The molecule has 2 aromatic rings. The van der Waals surface area contributed by atoms with E-state index >= 15 is 0 Å². The third kappa shape index (κ3) is 2.76. The first kappa shape index (κ1) is 10.1. The Hall–Kier alpha value is -1.42. The van der Waals surface area contributed by atoms with Gasteiger partial charge in [0, 0.05) is 13.5 Å². The molecule has 0 fully saturated rings. The average molecular weight is 219 g/mol. The lowest BCUT2D eigenvalue weighted by atomic mass is 10.1. The molecule has 1 N–H and O–H groups in total. The molecule has 0 atom stereocenters. The highest BCUT2D eigenvalue weighted by Crippen LogP contribution is 2.11. The number of hydrogen-bond acceptors (Lipinski definition) is 4. The van der Waals surface area contributed by atoms with Crippen LogP contribution in [0.25, 0.3) is 0 Å². The van der Waals surface area contributed by atoms with Crippen molar-refractivity contribution in [2.24, 2.45) is 0 Å². The highest BCUT2D eigenvalue weighted by atomic mass is 32.1. The second kappa shape index (κ2) is 4.89. The SMILES string of the molecule is CNc1nsc(CCc2ccccc2)n1. The molecule has 4 heteroatoms. The number of nitrogens with zero attached hydrogens (tertiary/aromatic N) is 2. The summed E-state index contributed by atoms with van der Waals surface area (Å²) in [7, 11) is 1.84. The van der Waals surface area contributed by atoms with Crippen molar-refractivity contribution in [2.75, 3.05) is 12.4 Å². The van der Waals surface area contributed by atoms with E-state index in [1.54, 1.807) is 0 Å². The van der Waals surface area contributed by atoms with Crippen molar-refractivity contribution in [1.29, 1.82) is 0 Å². The molecule has 0 bridgehead atoms. The molecule has 0 radical (unpaired) electrons. The Kier molecular flexibility index (Phi) is 3.29. The highest BCUT2D eigenvalue weighted by molar-refractivity contribution is 7.05. The van der Waals surface area contributed by atoms with Crippen LogP contribution in [0.4, 0.5) is 5.95 Å². The lowest BCUT2D eigenvalue weighted by Gasteiger charge is -1.97. The summed E-state index contributed by atoms with van der Waals surface area (Å²) in [5, 5.41) is 4.02. The van der Waals surface area contributed by atoms with Crippen LogP contribution in [0.15, 0.2) is 30.3 Å². The first-order valence-corrected chi connectivity index (χ1v) is 5.70. The fourth-order valence-electron chi connectivity index (χ4n) is 1.35. The molecular formula is C11H13N3S. The van der Waals surface area contributed by atoms with Crippen LogP contribution in [-0.2, 0) is 12.8 Å². The molecule has 0 saturated carbocycles. The Balaban J connectivity index is 1.93. The van der Waals surface area contributed by atoms with Crippen LogP contribution in [0.2, 0.25) is 0 Å². The van der Waals surface area contributed by atoms with Crippen molar-refractivity contribution < 1.29 is 0 Å². The van der Waals surface area contributed by atoms with Crippen LogP contribution >= 0.6 is 11.5 Å². The molecule has 0 aliphatic carbocycles. The minimum atomic E-state index is 0.725. The van der Waals surface area contributed by atoms with Gasteiger partial charge in [-0.2, -0.15) is 4.37 Å². The monoisotopic (exact) mass is 219 g/mol. The predicted octanol–water partition coefficient (Wildman–Crippen LogP) is 2.37. The van der Waals surface area contributed by atoms with Crippen LogP contribution < -0.4 is 5.32 Å². The Labute approximate surface area is 93.4 Å². The van der Waals surface area contributed by atoms with Crippen LogP contribution in [0.5, 0.6) is 0 Å². The minimum absolute atomic E-state index is 0.725. The van der Waals surface area contributed by atoms with Crippen molar-refractivity contribution in [1.82, 2.24) is 9.36 Å². The van der Waals surface area contributed by atoms with Gasteiger partial charge in [-0.1, -0.05) is 30.3 Å². The van der Waals surface area contributed by atoms with Gasteiger partial charge in [-0.3, -0.25) is 0 Å². The normalized spacial score (nSPS) is 10.2. The minimum Gasteiger partial charge on any atom is -0.357 e. The van der Waals surface area contributed by atoms with Crippen molar-refractivity contribution in [3.8, 4) is 0 Å². The number of anilines is 1. The summed E-state index contributed by atoms with van der Waals surface area (Å²) >= 11 is 1.47. The van der Waals surface area contributed by atoms with Gasteiger partial charge in [0.25, 0.3) is 0 Å². The first-order valence-electron chi connectivity index (χ1n) is 4.93. The first-order chi connectivity index (χ1) is 7.38. The number of benzene rings is 1. The second-order valence-corrected chi connectivity index (χ2v) is 4.08. The Morgan fingerprint density at radius 2 is 2.00 bits per heavy atom. The fourth-order valence-corrected chi connectivity index (χ4v) is 2.00. The van der Waals surface area contributed by atoms with Gasteiger partial charge in [0.15, 0.2) is 0 Å². The summed E-state index contributed by atoms with van der Waals surface area (Å²) in [6, 6.07) is 10.4. The van der Waals surface area contributed by atoms with Crippen molar-refractivity contribution in [3.05, 3.63) is 40.9 Å². The van der Waals surface area contributed by atoms with E-state index in [9.17, 15) is 0 Å². The van der Waals surface area contributed by atoms with E-state index in [4.69, 9.17) is 0 Å². The molecule has 2 rings (SSSR count). The van der Waals surface area contributed by atoms with E-state index in [-0.39, 0.29) is 0 Å². The molecule has 0 saturated heterocycles. The standard InChI is InChI=1S/C11H13N3S/c1-12-11-13-10(15-14-11)8-7-9-5-3-2-4-6-9/h2-6H,7-8H2,1H3,(H,12,14). The Bertz CT molecular complexity index is 411. The van der Waals surface area contributed by atoms with Gasteiger partial charge in [0.05, 0.1) is 0 Å². The number of aromatic nitrogens is 2. The van der Waals surface area contributed by atoms with E-state index in [1.165, 1.54) is 17.1 Å². The summed E-state index contributed by atoms with van der Waals surface area (Å²) in [6.45, 7) is 0. The van der Waals surface area contributed by atoms with Gasteiger partial charge in [-0.05, 0) is 23.5 Å². The van der Waals surface area contributed by atoms with E-state index in [2.05, 4.69) is 38.9 Å². The van der Waals surface area contributed by atoms with Gasteiger partial charge in [-0.25, -0.2) is 4.98 Å². The lowest BCUT2D eigenvalue weighted by molar-refractivity contribution is 0.944. The van der Waals surface area contributed by atoms with Crippen molar-refractivity contribution >= 4 is 17.5 Å². The molecule has 1 aromatic carbocycles. The Morgan fingerprint density at radius 1 is 1.20 bits per heavy atom. The zero-order chi connectivity index (χ0) is 10.5. The topological polar surface area (TPSA) is 37.8 Å². The number of aryl methyl sites for hydroxylation is 2. The molecule has 1 heterocycles. The van der Waals surface area contributed by atoms with Crippen molar-refractivity contribution in [3.63, 3.8) is 0 Å². The summed E-state index contributed by atoms with van der Waals surface area (Å²) in [4.78, 5) is 4.34. The summed E-state index contributed by atoms with van der Waals surface area (Å²) < 4.78 is 4.17. The zero-order valence-corrected chi connectivity index (χ0v) is 9.42. The molecule has 0 spiro atoms. The lowest BCUT2D eigenvalue weighted by Crippen LogP contribution is -1.92. The van der Waals surface area contributed by atoms with Crippen LogP contribution in [0.1, 0.15) is 10.6 Å². The van der Waals surface area contributed by atoms with Crippen LogP contribution in [0.3, 0.4) is 0 Å². The summed E-state index contributed by atoms with van der Waals surface area (Å²) in [5.74, 6) is 0.725. The molecule has 15 heavy (non-hydrogen) atoms. The predicted molar refractivity (Wildman–Crippen MR) is 63.3 cm³/mol. The van der Waals surface area contributed by atoms with Gasteiger partial charge >= 0.3 is 0 Å². The molecule has 0 unspecified atom stereocenters. The van der Waals surface area contributed by atoms with E-state index in [0.717, 1.165) is 23.8 Å². The third-order valence-electron chi connectivity index (χ3n) is 2.16. The quantitative estimate of drug-likeness (QED) is 0.857. The third-order valence-corrected chi connectivity index (χ3v) is 2.93. The molecule has 0 amide bonds. The maximum atomic E-state index is 4.34. The number of rotatable bonds is 4. The number of nitrogens with one attached hydrogen (secondary N) is 1. The zero-order valence-electron chi connectivity index (χ0n) is 8.60. The molecule has 3 nitrogen and oxygen atoms in total. The van der Waals surface area contributed by atoms with Gasteiger partial charge in [0.2, 0.25) is 5.95 Å². The van der Waals surface area contributed by atoms with E-state index < -0.39 is 0 Å². The average Bonchev–Trinajstić information content (AvgIpc) is 2.76. The Morgan fingerprint density at radius 3 is 2.67 bits per heavy atom. The van der Waals surface area contributed by atoms with Gasteiger partial charge in [-0.15, -0.1) is 0 Å². The second-order valence-electron chi connectivity index (χ2n) is 3.25. The summed E-state index contributed by atoms with van der Waals surface area (Å²) in [5.41, 5.74) is 1.35.